The summed E-state index contributed by atoms with van der Waals surface area (Å²) < 4.78 is 13.9. The normalized spacial score (nSPS) is 16.8. The van der Waals surface area contributed by atoms with Gasteiger partial charge in [0.15, 0.2) is 5.78 Å². The Morgan fingerprint density at radius 3 is 2.76 bits per heavy atom. The molecule has 88 valence electrons. The minimum atomic E-state index is -0.237. The van der Waals surface area contributed by atoms with E-state index in [-0.39, 0.29) is 17.5 Å². The van der Waals surface area contributed by atoms with Crippen LogP contribution in [0.2, 0.25) is 0 Å². The highest BCUT2D eigenvalue weighted by atomic mass is 32.1. The van der Waals surface area contributed by atoms with Crippen molar-refractivity contribution in [2.45, 2.75) is 25.7 Å². The van der Waals surface area contributed by atoms with Gasteiger partial charge in [-0.2, -0.15) is 0 Å². The van der Waals surface area contributed by atoms with Gasteiger partial charge in [0, 0.05) is 10.6 Å². The summed E-state index contributed by atoms with van der Waals surface area (Å²) in [6.07, 6.45) is 4.36. The third-order valence-electron chi connectivity index (χ3n) is 3.45. The zero-order chi connectivity index (χ0) is 11.8. The first kappa shape index (κ1) is 10.9. The van der Waals surface area contributed by atoms with Crippen molar-refractivity contribution in [3.63, 3.8) is 0 Å². The van der Waals surface area contributed by atoms with Crippen molar-refractivity contribution in [1.29, 1.82) is 0 Å². The average molecular weight is 248 g/mol. The van der Waals surface area contributed by atoms with Gasteiger partial charge in [-0.25, -0.2) is 4.39 Å². The quantitative estimate of drug-likeness (QED) is 0.719. The van der Waals surface area contributed by atoms with Crippen LogP contribution in [0, 0.1) is 11.7 Å². The number of fused-ring (bicyclic) bond motifs is 1. The van der Waals surface area contributed by atoms with Crippen molar-refractivity contribution in [2.75, 3.05) is 0 Å². The number of Topliss-reactive ketones (excluding diaryl/α,β-unsaturated/α-hetero) is 1. The molecule has 1 aromatic carbocycles. The minimum absolute atomic E-state index is 0.202. The van der Waals surface area contributed by atoms with Crippen LogP contribution in [0.4, 0.5) is 4.39 Å². The van der Waals surface area contributed by atoms with Gasteiger partial charge in [-0.3, -0.25) is 4.79 Å². The maximum Gasteiger partial charge on any atom is 0.175 e. The summed E-state index contributed by atoms with van der Waals surface area (Å²) in [4.78, 5) is 13.0. The van der Waals surface area contributed by atoms with Gasteiger partial charge in [0.05, 0.1) is 4.88 Å². The first-order chi connectivity index (χ1) is 8.24. The molecule has 1 nitrogen and oxygen atoms in total. The van der Waals surface area contributed by atoms with Crippen molar-refractivity contribution in [3.05, 3.63) is 35.0 Å². The van der Waals surface area contributed by atoms with Crippen LogP contribution in [0.1, 0.15) is 35.4 Å². The Morgan fingerprint density at radius 2 is 2.00 bits per heavy atom. The van der Waals surface area contributed by atoms with Crippen LogP contribution in [0.15, 0.2) is 24.3 Å². The SMILES string of the molecule is O=C(c1cc2ccc(F)cc2s1)C1CCCC1. The molecular weight excluding hydrogens is 235 g/mol. The van der Waals surface area contributed by atoms with Crippen LogP contribution < -0.4 is 0 Å². The molecule has 1 heterocycles. The van der Waals surface area contributed by atoms with Gasteiger partial charge in [0.1, 0.15) is 5.82 Å². The van der Waals surface area contributed by atoms with Crippen LogP contribution in [0.25, 0.3) is 10.1 Å². The molecule has 1 aliphatic rings. The van der Waals surface area contributed by atoms with Gasteiger partial charge in [-0.15, -0.1) is 11.3 Å². The van der Waals surface area contributed by atoms with E-state index in [2.05, 4.69) is 0 Å². The number of thiophene rings is 1. The van der Waals surface area contributed by atoms with E-state index in [1.165, 1.54) is 23.5 Å². The van der Waals surface area contributed by atoms with Crippen LogP contribution in [0.3, 0.4) is 0 Å². The molecule has 0 atom stereocenters. The molecule has 0 radical (unpaired) electrons. The second kappa shape index (κ2) is 4.22. The van der Waals surface area contributed by atoms with Crippen molar-refractivity contribution in [1.82, 2.24) is 0 Å². The van der Waals surface area contributed by atoms with Crippen LogP contribution in [0.5, 0.6) is 0 Å². The van der Waals surface area contributed by atoms with Gasteiger partial charge in [-0.05, 0) is 36.4 Å². The summed E-state index contributed by atoms with van der Waals surface area (Å²) in [5.74, 6) is 0.219. The van der Waals surface area contributed by atoms with E-state index < -0.39 is 0 Å². The van der Waals surface area contributed by atoms with E-state index in [4.69, 9.17) is 0 Å². The third-order valence-corrected chi connectivity index (χ3v) is 4.56. The molecule has 0 N–H and O–H groups in total. The van der Waals surface area contributed by atoms with E-state index >= 15 is 0 Å². The molecule has 2 aromatic rings. The van der Waals surface area contributed by atoms with Gasteiger partial charge in [0.2, 0.25) is 0 Å². The Hall–Kier alpha value is -1.22. The molecule has 17 heavy (non-hydrogen) atoms. The Balaban J connectivity index is 1.97. The molecule has 3 heteroatoms. The van der Waals surface area contributed by atoms with Gasteiger partial charge in [-0.1, -0.05) is 18.9 Å². The predicted molar refractivity (Wildman–Crippen MR) is 68.1 cm³/mol. The molecule has 3 rings (SSSR count). The van der Waals surface area contributed by atoms with Crippen LogP contribution in [-0.2, 0) is 0 Å². The van der Waals surface area contributed by atoms with Gasteiger partial charge < -0.3 is 0 Å². The third kappa shape index (κ3) is 2.00. The number of ketones is 1. The fourth-order valence-electron chi connectivity index (χ4n) is 2.52. The number of hydrogen-bond donors (Lipinski definition) is 0. The number of carbonyl (C=O) groups excluding carboxylic acids is 1. The van der Waals surface area contributed by atoms with E-state index in [0.29, 0.717) is 0 Å². The summed E-state index contributed by atoms with van der Waals surface area (Å²) >= 11 is 1.42. The van der Waals surface area contributed by atoms with Crippen LogP contribution >= 0.6 is 11.3 Å². The molecule has 1 fully saturated rings. The number of rotatable bonds is 2. The highest BCUT2D eigenvalue weighted by Crippen LogP contribution is 2.33. The molecule has 1 saturated carbocycles. The van der Waals surface area contributed by atoms with Crippen molar-refractivity contribution < 1.29 is 9.18 Å². The Labute approximate surface area is 103 Å². The van der Waals surface area contributed by atoms with Crippen LogP contribution in [-0.4, -0.2) is 5.78 Å². The van der Waals surface area contributed by atoms with Gasteiger partial charge in [0.25, 0.3) is 0 Å². The highest BCUT2D eigenvalue weighted by molar-refractivity contribution is 7.20. The maximum atomic E-state index is 13.1. The van der Waals surface area contributed by atoms with Crippen molar-refractivity contribution in [2.24, 2.45) is 5.92 Å². The zero-order valence-corrected chi connectivity index (χ0v) is 10.2. The standard InChI is InChI=1S/C14H13FOS/c15-11-6-5-10-7-13(17-12(10)8-11)14(16)9-3-1-2-4-9/h5-9H,1-4H2. The van der Waals surface area contributed by atoms with Crippen molar-refractivity contribution in [3.8, 4) is 0 Å². The summed E-state index contributed by atoms with van der Waals surface area (Å²) in [5.41, 5.74) is 0. The lowest BCUT2D eigenvalue weighted by Gasteiger charge is -2.04. The average Bonchev–Trinajstić information content (AvgIpc) is 2.96. The number of hydrogen-bond acceptors (Lipinski definition) is 2. The smallest absolute Gasteiger partial charge is 0.175 e. The fourth-order valence-corrected chi connectivity index (χ4v) is 3.62. The second-order valence-corrected chi connectivity index (χ2v) is 5.72. The maximum absolute atomic E-state index is 13.1. The number of carbonyl (C=O) groups is 1. The molecule has 0 saturated heterocycles. The Bertz CT molecular complexity index is 567. The first-order valence-electron chi connectivity index (χ1n) is 5.97. The van der Waals surface area contributed by atoms with E-state index in [9.17, 15) is 9.18 Å². The first-order valence-corrected chi connectivity index (χ1v) is 6.79. The minimum Gasteiger partial charge on any atom is -0.293 e. The monoisotopic (exact) mass is 248 g/mol. The summed E-state index contributed by atoms with van der Waals surface area (Å²) in [6, 6.07) is 6.59. The summed E-state index contributed by atoms with van der Waals surface area (Å²) in [6.45, 7) is 0. The lowest BCUT2D eigenvalue weighted by molar-refractivity contribution is 0.0927. The van der Waals surface area contributed by atoms with E-state index in [1.54, 1.807) is 6.07 Å². The largest absolute Gasteiger partial charge is 0.293 e. The summed E-state index contributed by atoms with van der Waals surface area (Å²) in [5, 5.41) is 0.970. The Kier molecular flexibility index (Phi) is 2.71. The molecule has 0 unspecified atom stereocenters. The molecule has 0 spiro atoms. The topological polar surface area (TPSA) is 17.1 Å². The lowest BCUT2D eigenvalue weighted by Crippen LogP contribution is -2.08. The van der Waals surface area contributed by atoms with E-state index in [0.717, 1.165) is 40.6 Å². The Morgan fingerprint density at radius 1 is 1.24 bits per heavy atom. The molecular formula is C14H13FOS. The number of halogens is 1. The molecule has 0 bridgehead atoms. The summed E-state index contributed by atoms with van der Waals surface area (Å²) in [7, 11) is 0. The second-order valence-electron chi connectivity index (χ2n) is 4.64. The number of benzene rings is 1. The van der Waals surface area contributed by atoms with Crippen molar-refractivity contribution >= 4 is 27.2 Å². The molecule has 1 aromatic heterocycles. The molecule has 0 amide bonds. The predicted octanol–water partition coefficient (Wildman–Crippen LogP) is 4.41. The molecule has 1 aliphatic carbocycles. The van der Waals surface area contributed by atoms with E-state index in [1.807, 2.05) is 6.07 Å². The highest BCUT2D eigenvalue weighted by Gasteiger charge is 2.25. The fraction of sp³-hybridized carbons (Fsp3) is 0.357. The molecule has 0 aliphatic heterocycles. The lowest BCUT2D eigenvalue weighted by atomic mass is 10.0. The zero-order valence-electron chi connectivity index (χ0n) is 9.41. The van der Waals surface area contributed by atoms with Gasteiger partial charge >= 0.3 is 0 Å².